The van der Waals surface area contributed by atoms with Gasteiger partial charge in [0.05, 0.1) is 0 Å². The fraction of sp³-hybridized carbons (Fsp3) is 0.250. The van der Waals surface area contributed by atoms with Crippen molar-refractivity contribution in [1.29, 1.82) is 0 Å². The van der Waals surface area contributed by atoms with E-state index in [0.29, 0.717) is 6.61 Å². The van der Waals surface area contributed by atoms with Gasteiger partial charge in [-0.1, -0.05) is 182 Å². The fourth-order valence-corrected chi connectivity index (χ4v) is 37.0. The van der Waals surface area contributed by atoms with Gasteiger partial charge in [-0.2, -0.15) is 0 Å². The zero-order chi connectivity index (χ0) is 41.3. The molecule has 0 heterocycles. The van der Waals surface area contributed by atoms with E-state index in [4.69, 9.17) is 16.8 Å². The average molecular weight is 872 g/mol. The Morgan fingerprint density at radius 2 is 0.534 bits per heavy atom. The average Bonchev–Trinajstić information content (AvgIpc) is 3.23. The van der Waals surface area contributed by atoms with Crippen molar-refractivity contribution >= 4 is 81.3 Å². The molecule has 6 aromatic rings. The van der Waals surface area contributed by atoms with Crippen LogP contribution in [0.4, 0.5) is 0 Å². The van der Waals surface area contributed by atoms with Gasteiger partial charge in [0.1, 0.15) is 0 Å². The van der Waals surface area contributed by atoms with Crippen molar-refractivity contribution in [3.63, 3.8) is 0 Å². The van der Waals surface area contributed by atoms with Crippen molar-refractivity contribution < 1.29 is 16.8 Å². The van der Waals surface area contributed by atoms with Gasteiger partial charge in [0.2, 0.25) is 0 Å². The molecule has 0 unspecified atom stereocenters. The van der Waals surface area contributed by atoms with Gasteiger partial charge in [-0.05, 0) is 102 Å². The van der Waals surface area contributed by atoms with Gasteiger partial charge in [0, 0.05) is 6.61 Å². The van der Waals surface area contributed by atoms with Gasteiger partial charge in [0.15, 0.2) is 25.0 Å². The molecule has 0 saturated carbocycles. The summed E-state index contributed by atoms with van der Waals surface area (Å²) in [6.07, 6.45) is 0. The monoisotopic (exact) mass is 870 g/mol. The first-order chi connectivity index (χ1) is 27.7. The molecule has 0 spiro atoms. The second-order valence-electron chi connectivity index (χ2n) is 17.6. The Morgan fingerprint density at radius 1 is 0.293 bits per heavy atom. The van der Waals surface area contributed by atoms with Gasteiger partial charge in [-0.3, -0.25) is 0 Å². The maximum atomic E-state index is 7.78. The third kappa shape index (κ3) is 10.8. The standard InChI is InChI=1S/C48H62O4Si6/c1-53(2,40-39-49-56(7,8)52-58(46-33-21-12-22-34-46,47-35-23-13-24-36-47)48-37-25-14-26-38-48)50-54(3,4)41-42-55(5,6)51-57(43-27-15-9-16-28-43,44-29-17-10-18-30-44)45-31-19-11-20-32-45/h9-38H,39-42H2,1-8H3. The van der Waals surface area contributed by atoms with Crippen LogP contribution >= 0.6 is 0 Å². The molecule has 0 saturated heterocycles. The van der Waals surface area contributed by atoms with Crippen LogP contribution in [-0.2, 0) is 16.8 Å². The molecule has 0 radical (unpaired) electrons. The molecule has 0 aliphatic carbocycles. The summed E-state index contributed by atoms with van der Waals surface area (Å²) in [4.78, 5) is 0. The second kappa shape index (κ2) is 18.8. The van der Waals surface area contributed by atoms with Crippen molar-refractivity contribution in [2.24, 2.45) is 0 Å². The summed E-state index contributed by atoms with van der Waals surface area (Å²) in [6.45, 7) is 19.5. The van der Waals surface area contributed by atoms with E-state index in [1.807, 2.05) is 0 Å². The van der Waals surface area contributed by atoms with E-state index >= 15 is 0 Å². The predicted molar refractivity (Wildman–Crippen MR) is 262 cm³/mol. The summed E-state index contributed by atoms with van der Waals surface area (Å²) >= 11 is 0. The molecular formula is C48H62O4Si6. The molecule has 302 valence electrons. The predicted octanol–water partition coefficient (Wildman–Crippen LogP) is 8.70. The van der Waals surface area contributed by atoms with Gasteiger partial charge in [-0.25, -0.2) is 0 Å². The van der Waals surface area contributed by atoms with Crippen LogP contribution in [0, 0.1) is 0 Å². The SMILES string of the molecule is C[Si](C)(CCO[Si](C)(C)O[Si](c1ccccc1)(c1ccccc1)c1ccccc1)O[Si](C)(C)CC[Si](C)(C)O[Si](c1ccccc1)(c1ccccc1)c1ccccc1. The molecule has 0 aliphatic heterocycles. The van der Waals surface area contributed by atoms with Crippen molar-refractivity contribution in [2.75, 3.05) is 6.61 Å². The minimum absolute atomic E-state index is 0.633. The molecule has 0 aliphatic rings. The van der Waals surface area contributed by atoms with Gasteiger partial charge in [0.25, 0.3) is 16.6 Å². The van der Waals surface area contributed by atoms with Crippen molar-refractivity contribution in [3.8, 4) is 0 Å². The first kappa shape index (κ1) is 44.0. The highest BCUT2D eigenvalue weighted by molar-refractivity contribution is 7.11. The molecular weight excluding hydrogens is 809 g/mol. The lowest BCUT2D eigenvalue weighted by molar-refractivity contribution is 0.260. The van der Waals surface area contributed by atoms with Crippen LogP contribution in [0.2, 0.25) is 70.5 Å². The summed E-state index contributed by atoms with van der Waals surface area (Å²) in [5.41, 5.74) is 0. The van der Waals surface area contributed by atoms with Crippen LogP contribution in [0.1, 0.15) is 0 Å². The number of hydrogen-bond donors (Lipinski definition) is 0. The maximum absolute atomic E-state index is 7.78. The van der Waals surface area contributed by atoms with Crippen LogP contribution < -0.4 is 31.1 Å². The first-order valence-corrected chi connectivity index (χ1v) is 36.7. The van der Waals surface area contributed by atoms with Crippen LogP contribution in [0.15, 0.2) is 182 Å². The Hall–Kier alpha value is -3.54. The van der Waals surface area contributed by atoms with E-state index in [9.17, 15) is 0 Å². The lowest BCUT2D eigenvalue weighted by Crippen LogP contribution is -2.72. The third-order valence-corrected chi connectivity index (χ3v) is 34.6. The summed E-state index contributed by atoms with van der Waals surface area (Å²) in [7, 11) is -14.7. The van der Waals surface area contributed by atoms with E-state index in [1.165, 1.54) is 31.1 Å². The number of rotatable bonds is 19. The minimum Gasteiger partial charge on any atom is -0.455 e. The first-order valence-electron chi connectivity index (χ1n) is 20.7. The molecule has 6 rings (SSSR count). The molecule has 58 heavy (non-hydrogen) atoms. The molecule has 0 bridgehead atoms. The Morgan fingerprint density at radius 3 is 0.828 bits per heavy atom. The highest BCUT2D eigenvalue weighted by atomic mass is 28.4. The summed E-state index contributed by atoms with van der Waals surface area (Å²) in [6, 6.07) is 68.4. The molecule has 0 atom stereocenters. The van der Waals surface area contributed by atoms with Gasteiger partial charge < -0.3 is 16.8 Å². The number of hydrogen-bond acceptors (Lipinski definition) is 4. The largest absolute Gasteiger partial charge is 0.455 e. The van der Waals surface area contributed by atoms with Crippen molar-refractivity contribution in [2.45, 2.75) is 70.5 Å². The van der Waals surface area contributed by atoms with Gasteiger partial charge >= 0.3 is 8.56 Å². The summed E-state index contributed by atoms with van der Waals surface area (Å²) in [5.74, 6) is 0. The van der Waals surface area contributed by atoms with E-state index in [0.717, 1.165) is 18.1 Å². The van der Waals surface area contributed by atoms with E-state index in [1.54, 1.807) is 0 Å². The maximum Gasteiger partial charge on any atom is 0.322 e. The highest BCUT2D eigenvalue weighted by Crippen LogP contribution is 2.29. The van der Waals surface area contributed by atoms with E-state index in [-0.39, 0.29) is 0 Å². The molecule has 0 aromatic heterocycles. The van der Waals surface area contributed by atoms with Crippen LogP contribution in [-0.4, -0.2) is 56.8 Å². The second-order valence-corrected chi connectivity index (χ2v) is 41.4. The highest BCUT2D eigenvalue weighted by Gasteiger charge is 2.49. The zero-order valence-electron chi connectivity index (χ0n) is 35.8. The van der Waals surface area contributed by atoms with E-state index < -0.39 is 50.1 Å². The van der Waals surface area contributed by atoms with Crippen LogP contribution in [0.3, 0.4) is 0 Å². The van der Waals surface area contributed by atoms with Crippen molar-refractivity contribution in [1.82, 2.24) is 0 Å². The van der Waals surface area contributed by atoms with E-state index in [2.05, 4.69) is 234 Å². The summed E-state index contributed by atoms with van der Waals surface area (Å²) in [5, 5.41) is 7.57. The molecule has 6 aromatic carbocycles. The molecule has 10 heteroatoms. The van der Waals surface area contributed by atoms with Gasteiger partial charge in [-0.15, -0.1) is 0 Å². The lowest BCUT2D eigenvalue weighted by Gasteiger charge is -2.42. The Balaban J connectivity index is 1.15. The molecule has 4 nitrogen and oxygen atoms in total. The molecule has 0 amide bonds. The summed E-state index contributed by atoms with van der Waals surface area (Å²) < 4.78 is 29.5. The minimum atomic E-state index is -2.89. The van der Waals surface area contributed by atoms with Crippen LogP contribution in [0.5, 0.6) is 0 Å². The molecule has 0 N–H and O–H groups in total. The van der Waals surface area contributed by atoms with Crippen molar-refractivity contribution in [3.05, 3.63) is 182 Å². The lowest BCUT2D eigenvalue weighted by atomic mass is 10.3. The Labute approximate surface area is 355 Å². The number of benzene rings is 6. The quantitative estimate of drug-likeness (QED) is 0.0604. The Kier molecular flexibility index (Phi) is 14.3. The zero-order valence-corrected chi connectivity index (χ0v) is 41.8. The normalized spacial score (nSPS) is 13.0. The molecule has 0 fully saturated rings. The third-order valence-electron chi connectivity index (χ3n) is 10.9. The van der Waals surface area contributed by atoms with Crippen LogP contribution in [0.25, 0.3) is 0 Å². The fourth-order valence-electron chi connectivity index (χ4n) is 8.25. The smallest absolute Gasteiger partial charge is 0.322 e. The topological polar surface area (TPSA) is 36.9 Å². The Bertz CT molecular complexity index is 1940.